The van der Waals surface area contributed by atoms with Crippen molar-refractivity contribution in [3.05, 3.63) is 42.2 Å². The normalized spacial score (nSPS) is 10.8. The van der Waals surface area contributed by atoms with Crippen LogP contribution in [0.4, 0.5) is 5.69 Å². The first-order valence-electron chi connectivity index (χ1n) is 7.87. The van der Waals surface area contributed by atoms with Crippen molar-refractivity contribution in [1.29, 1.82) is 0 Å². The maximum atomic E-state index is 12.3. The van der Waals surface area contributed by atoms with Crippen LogP contribution in [0, 0.1) is 0 Å². The van der Waals surface area contributed by atoms with Gasteiger partial charge in [0.15, 0.2) is 0 Å². The second-order valence-electron chi connectivity index (χ2n) is 5.17. The molecule has 1 N–H and O–H groups in total. The van der Waals surface area contributed by atoms with Gasteiger partial charge in [0.25, 0.3) is 5.91 Å². The highest BCUT2D eigenvalue weighted by Gasteiger charge is 2.12. The molecule has 1 aromatic carbocycles. The molecule has 0 aliphatic rings. The molecule has 0 aliphatic carbocycles. The Balaban J connectivity index is 1.97. The smallest absolute Gasteiger partial charge is 0.259 e. The molecule has 0 atom stereocenters. The zero-order valence-corrected chi connectivity index (χ0v) is 14.0. The van der Waals surface area contributed by atoms with Crippen molar-refractivity contribution >= 4 is 11.6 Å². The van der Waals surface area contributed by atoms with Gasteiger partial charge in [-0.25, -0.2) is 0 Å². The van der Waals surface area contributed by atoms with Crippen LogP contribution in [-0.4, -0.2) is 47.3 Å². The minimum Gasteiger partial charge on any atom is -0.496 e. The van der Waals surface area contributed by atoms with Crippen molar-refractivity contribution in [3.63, 3.8) is 0 Å². The number of methoxy groups -OCH3 is 1. The second-order valence-corrected chi connectivity index (χ2v) is 5.17. The van der Waals surface area contributed by atoms with E-state index in [0.29, 0.717) is 17.0 Å². The number of rotatable bonds is 8. The fourth-order valence-corrected chi connectivity index (χ4v) is 2.36. The fourth-order valence-electron chi connectivity index (χ4n) is 2.36. The number of nitrogens with zero attached hydrogens (tertiary/aromatic N) is 3. The van der Waals surface area contributed by atoms with Crippen LogP contribution < -0.4 is 10.1 Å². The Hall–Kier alpha value is -2.34. The molecule has 0 bridgehead atoms. The zero-order valence-electron chi connectivity index (χ0n) is 14.0. The van der Waals surface area contributed by atoms with E-state index < -0.39 is 0 Å². The highest BCUT2D eigenvalue weighted by Crippen LogP contribution is 2.18. The molecule has 0 saturated carbocycles. The number of para-hydroxylation sites is 1. The van der Waals surface area contributed by atoms with E-state index in [0.717, 1.165) is 26.2 Å². The summed E-state index contributed by atoms with van der Waals surface area (Å²) in [6, 6.07) is 7.15. The number of nitrogens with one attached hydrogen (secondary N) is 1. The van der Waals surface area contributed by atoms with E-state index in [2.05, 4.69) is 29.2 Å². The van der Waals surface area contributed by atoms with Crippen LogP contribution in [0.15, 0.2) is 36.7 Å². The number of anilines is 1. The summed E-state index contributed by atoms with van der Waals surface area (Å²) >= 11 is 0. The second kappa shape index (κ2) is 8.33. The molecule has 0 fully saturated rings. The molecule has 2 aromatic rings. The number of ether oxygens (including phenoxy) is 1. The summed E-state index contributed by atoms with van der Waals surface area (Å²) in [7, 11) is 1.55. The molecule has 6 heteroatoms. The summed E-state index contributed by atoms with van der Waals surface area (Å²) < 4.78 is 7.06. The van der Waals surface area contributed by atoms with Crippen molar-refractivity contribution < 1.29 is 9.53 Å². The predicted molar refractivity (Wildman–Crippen MR) is 91.0 cm³/mol. The molecule has 0 unspecified atom stereocenters. The van der Waals surface area contributed by atoms with Crippen LogP contribution in [0.25, 0.3) is 0 Å². The highest BCUT2D eigenvalue weighted by molar-refractivity contribution is 6.06. The van der Waals surface area contributed by atoms with E-state index >= 15 is 0 Å². The van der Waals surface area contributed by atoms with Crippen molar-refractivity contribution in [3.8, 4) is 5.75 Å². The molecular weight excluding hydrogens is 292 g/mol. The lowest BCUT2D eigenvalue weighted by atomic mass is 10.2. The SMILES string of the molecule is CCN(CC)CCn1cc(NC(=O)c2ccccc2OC)cn1. The third-order valence-corrected chi connectivity index (χ3v) is 3.78. The van der Waals surface area contributed by atoms with Crippen LogP contribution in [0.5, 0.6) is 5.75 Å². The average Bonchev–Trinajstić information content (AvgIpc) is 3.03. The topological polar surface area (TPSA) is 59.4 Å². The Bertz CT molecular complexity index is 635. The summed E-state index contributed by atoms with van der Waals surface area (Å²) in [6.07, 6.45) is 3.51. The Morgan fingerprint density at radius 1 is 1.30 bits per heavy atom. The van der Waals surface area contributed by atoms with Crippen LogP contribution in [-0.2, 0) is 6.54 Å². The number of amides is 1. The lowest BCUT2D eigenvalue weighted by molar-refractivity contribution is 0.102. The molecule has 0 aliphatic heterocycles. The summed E-state index contributed by atoms with van der Waals surface area (Å²) in [5, 5.41) is 7.14. The summed E-state index contributed by atoms with van der Waals surface area (Å²) in [5.74, 6) is 0.352. The number of aromatic nitrogens is 2. The first kappa shape index (κ1) is 17.0. The Morgan fingerprint density at radius 3 is 2.74 bits per heavy atom. The van der Waals surface area contributed by atoms with Crippen molar-refractivity contribution in [2.24, 2.45) is 0 Å². The Kier molecular flexibility index (Phi) is 6.17. The number of hydrogen-bond acceptors (Lipinski definition) is 4. The molecular formula is C17H24N4O2. The molecule has 1 amide bonds. The molecule has 23 heavy (non-hydrogen) atoms. The van der Waals surface area contributed by atoms with Gasteiger partial charge in [-0.3, -0.25) is 9.48 Å². The third-order valence-electron chi connectivity index (χ3n) is 3.78. The van der Waals surface area contributed by atoms with Gasteiger partial charge in [-0.2, -0.15) is 5.10 Å². The van der Waals surface area contributed by atoms with Crippen LogP contribution in [0.3, 0.4) is 0 Å². The molecule has 2 rings (SSSR count). The maximum Gasteiger partial charge on any atom is 0.259 e. The van der Waals surface area contributed by atoms with Gasteiger partial charge in [0, 0.05) is 12.7 Å². The number of carbonyl (C=O) groups is 1. The van der Waals surface area contributed by atoms with E-state index in [1.807, 2.05) is 23.0 Å². The molecule has 1 heterocycles. The molecule has 0 spiro atoms. The van der Waals surface area contributed by atoms with Crippen molar-refractivity contribution in [2.45, 2.75) is 20.4 Å². The monoisotopic (exact) mass is 316 g/mol. The largest absolute Gasteiger partial charge is 0.496 e. The van der Waals surface area contributed by atoms with Crippen molar-refractivity contribution in [2.75, 3.05) is 32.1 Å². The zero-order chi connectivity index (χ0) is 16.7. The predicted octanol–water partition coefficient (Wildman–Crippen LogP) is 2.49. The minimum absolute atomic E-state index is 0.203. The van der Waals surface area contributed by atoms with Gasteiger partial charge < -0.3 is 15.0 Å². The quantitative estimate of drug-likeness (QED) is 0.813. The van der Waals surface area contributed by atoms with Gasteiger partial charge in [-0.05, 0) is 25.2 Å². The Morgan fingerprint density at radius 2 is 2.04 bits per heavy atom. The van der Waals surface area contributed by atoms with Gasteiger partial charge in [-0.15, -0.1) is 0 Å². The molecule has 0 saturated heterocycles. The number of hydrogen-bond donors (Lipinski definition) is 1. The average molecular weight is 316 g/mol. The maximum absolute atomic E-state index is 12.3. The van der Waals surface area contributed by atoms with Crippen molar-refractivity contribution in [1.82, 2.24) is 14.7 Å². The van der Waals surface area contributed by atoms with Crippen LogP contribution in [0.1, 0.15) is 24.2 Å². The lowest BCUT2D eigenvalue weighted by Crippen LogP contribution is -2.27. The molecule has 1 aromatic heterocycles. The van der Waals surface area contributed by atoms with Crippen LogP contribution in [0.2, 0.25) is 0 Å². The first-order chi connectivity index (χ1) is 11.2. The number of likely N-dealkylation sites (N-methyl/N-ethyl adjacent to an activating group) is 1. The Labute approximate surface area is 137 Å². The van der Waals surface area contributed by atoms with E-state index in [9.17, 15) is 4.79 Å². The summed E-state index contributed by atoms with van der Waals surface area (Å²) in [4.78, 5) is 14.7. The number of benzene rings is 1. The van der Waals surface area contributed by atoms with Gasteiger partial charge in [0.05, 0.1) is 31.1 Å². The molecule has 0 radical (unpaired) electrons. The summed E-state index contributed by atoms with van der Waals surface area (Å²) in [6.45, 7) is 8.07. The summed E-state index contributed by atoms with van der Waals surface area (Å²) in [5.41, 5.74) is 1.19. The van der Waals surface area contributed by atoms with E-state index in [4.69, 9.17) is 4.74 Å². The van der Waals surface area contributed by atoms with E-state index in [1.165, 1.54) is 0 Å². The van der Waals surface area contributed by atoms with E-state index in [1.54, 1.807) is 25.4 Å². The van der Waals surface area contributed by atoms with Gasteiger partial charge in [-0.1, -0.05) is 26.0 Å². The molecule has 124 valence electrons. The van der Waals surface area contributed by atoms with Gasteiger partial charge >= 0.3 is 0 Å². The highest BCUT2D eigenvalue weighted by atomic mass is 16.5. The first-order valence-corrected chi connectivity index (χ1v) is 7.87. The lowest BCUT2D eigenvalue weighted by Gasteiger charge is -2.17. The number of carbonyl (C=O) groups excluding carboxylic acids is 1. The standard InChI is InChI=1S/C17H24N4O2/c1-4-20(5-2)10-11-21-13-14(12-18-21)19-17(22)15-8-6-7-9-16(15)23-3/h6-9,12-13H,4-5,10-11H2,1-3H3,(H,19,22). The fraction of sp³-hybridized carbons (Fsp3) is 0.412. The minimum atomic E-state index is -0.203. The van der Waals surface area contributed by atoms with E-state index in [-0.39, 0.29) is 5.91 Å². The third kappa shape index (κ3) is 4.56. The molecule has 6 nitrogen and oxygen atoms in total. The van der Waals surface area contributed by atoms with Gasteiger partial charge in [0.1, 0.15) is 5.75 Å². The van der Waals surface area contributed by atoms with Crippen LogP contribution >= 0.6 is 0 Å². The van der Waals surface area contributed by atoms with Gasteiger partial charge in [0.2, 0.25) is 0 Å².